The molecule has 0 spiro atoms. The number of aromatic nitrogens is 1. The maximum absolute atomic E-state index is 6.23. The van der Waals surface area contributed by atoms with Crippen molar-refractivity contribution in [2.45, 2.75) is 31.8 Å². The van der Waals surface area contributed by atoms with Gasteiger partial charge in [0.1, 0.15) is 0 Å². The molecule has 0 unspecified atom stereocenters. The Morgan fingerprint density at radius 3 is 2.67 bits per heavy atom. The van der Waals surface area contributed by atoms with E-state index in [1.807, 2.05) is 30.5 Å². The van der Waals surface area contributed by atoms with E-state index in [2.05, 4.69) is 29.2 Å². The van der Waals surface area contributed by atoms with Gasteiger partial charge in [0.15, 0.2) is 11.5 Å². The third-order valence-corrected chi connectivity index (χ3v) is 4.72. The molecule has 122 valence electrons. The fraction of sp³-hybridized carbons (Fsp3) is 0.286. The minimum atomic E-state index is 0.309. The lowest BCUT2D eigenvalue weighted by molar-refractivity contribution is 0.201. The van der Waals surface area contributed by atoms with Crippen molar-refractivity contribution >= 4 is 10.9 Å². The Labute approximate surface area is 142 Å². The molecule has 1 saturated carbocycles. The third kappa shape index (κ3) is 2.82. The highest BCUT2D eigenvalue weighted by atomic mass is 16.5. The highest BCUT2D eigenvalue weighted by molar-refractivity contribution is 5.94. The van der Waals surface area contributed by atoms with Crippen LogP contribution in [0.3, 0.4) is 0 Å². The smallest absolute Gasteiger partial charge is 0.162 e. The van der Waals surface area contributed by atoms with E-state index in [0.29, 0.717) is 6.10 Å². The zero-order valence-corrected chi connectivity index (χ0v) is 13.9. The van der Waals surface area contributed by atoms with Crippen LogP contribution in [0.15, 0.2) is 54.7 Å². The van der Waals surface area contributed by atoms with Gasteiger partial charge < -0.3 is 9.47 Å². The number of hydrogen-bond donors (Lipinski definition) is 0. The van der Waals surface area contributed by atoms with E-state index in [0.717, 1.165) is 40.8 Å². The molecule has 4 rings (SSSR count). The molecule has 1 aromatic heterocycles. The lowest BCUT2D eigenvalue weighted by Crippen LogP contribution is -2.11. The van der Waals surface area contributed by atoms with E-state index in [1.165, 1.54) is 18.4 Å². The first-order chi connectivity index (χ1) is 11.8. The molecule has 3 aromatic rings. The summed E-state index contributed by atoms with van der Waals surface area (Å²) in [7, 11) is 1.69. The van der Waals surface area contributed by atoms with Gasteiger partial charge in [0, 0.05) is 11.6 Å². The van der Waals surface area contributed by atoms with Crippen LogP contribution < -0.4 is 9.47 Å². The Bertz CT molecular complexity index is 848. The zero-order chi connectivity index (χ0) is 16.4. The lowest BCUT2D eigenvalue weighted by atomic mass is 10.0. The van der Waals surface area contributed by atoms with Gasteiger partial charge in [-0.3, -0.25) is 4.98 Å². The van der Waals surface area contributed by atoms with Gasteiger partial charge in [0.2, 0.25) is 0 Å². The quantitative estimate of drug-likeness (QED) is 0.659. The standard InChI is InChI=1S/C21H21NO2/c1-23-20-12-11-15(14-21(20)24-16-6-2-3-7-16)17-8-4-10-19-18(17)9-5-13-22-19/h4-5,8-14,16H,2-3,6-7H2,1H3. The topological polar surface area (TPSA) is 31.4 Å². The average molecular weight is 319 g/mol. The van der Waals surface area contributed by atoms with Crippen molar-refractivity contribution in [2.75, 3.05) is 7.11 Å². The van der Waals surface area contributed by atoms with Crippen molar-refractivity contribution in [1.29, 1.82) is 0 Å². The second kappa shape index (κ2) is 6.52. The second-order valence-electron chi connectivity index (χ2n) is 6.27. The van der Waals surface area contributed by atoms with E-state index >= 15 is 0 Å². The fourth-order valence-corrected chi connectivity index (χ4v) is 3.48. The molecule has 0 amide bonds. The van der Waals surface area contributed by atoms with Crippen molar-refractivity contribution in [1.82, 2.24) is 4.98 Å². The molecule has 24 heavy (non-hydrogen) atoms. The number of hydrogen-bond acceptors (Lipinski definition) is 3. The van der Waals surface area contributed by atoms with Gasteiger partial charge >= 0.3 is 0 Å². The van der Waals surface area contributed by atoms with E-state index in [9.17, 15) is 0 Å². The summed E-state index contributed by atoms with van der Waals surface area (Å²) in [5, 5.41) is 1.15. The van der Waals surface area contributed by atoms with Crippen LogP contribution in [-0.2, 0) is 0 Å². The van der Waals surface area contributed by atoms with Gasteiger partial charge in [0.05, 0.1) is 18.7 Å². The van der Waals surface area contributed by atoms with Crippen LogP contribution in [0.5, 0.6) is 11.5 Å². The van der Waals surface area contributed by atoms with Gasteiger partial charge in [-0.15, -0.1) is 0 Å². The molecule has 1 fully saturated rings. The first kappa shape index (κ1) is 15.0. The summed E-state index contributed by atoms with van der Waals surface area (Å²) in [6, 6.07) is 16.5. The average Bonchev–Trinajstić information content (AvgIpc) is 3.14. The van der Waals surface area contributed by atoms with Crippen molar-refractivity contribution in [3.05, 3.63) is 54.7 Å². The molecule has 0 atom stereocenters. The van der Waals surface area contributed by atoms with Gasteiger partial charge in [-0.25, -0.2) is 0 Å². The van der Waals surface area contributed by atoms with Crippen LogP contribution in [0.2, 0.25) is 0 Å². The Hall–Kier alpha value is -2.55. The molecule has 0 saturated heterocycles. The highest BCUT2D eigenvalue weighted by Crippen LogP contribution is 2.37. The number of rotatable bonds is 4. The molecule has 2 aromatic carbocycles. The monoisotopic (exact) mass is 319 g/mol. The lowest BCUT2D eigenvalue weighted by Gasteiger charge is -2.17. The molecule has 1 heterocycles. The minimum absolute atomic E-state index is 0.309. The molecule has 0 N–H and O–H groups in total. The molecule has 1 aliphatic rings. The summed E-state index contributed by atoms with van der Waals surface area (Å²) in [5.41, 5.74) is 3.30. The molecule has 3 nitrogen and oxygen atoms in total. The van der Waals surface area contributed by atoms with Crippen LogP contribution in [0, 0.1) is 0 Å². The van der Waals surface area contributed by atoms with Crippen molar-refractivity contribution < 1.29 is 9.47 Å². The Kier molecular flexibility index (Phi) is 4.08. The summed E-state index contributed by atoms with van der Waals surface area (Å²) < 4.78 is 11.7. The molecule has 1 aliphatic carbocycles. The van der Waals surface area contributed by atoms with Gasteiger partial charge in [-0.05, 0) is 61.1 Å². The maximum atomic E-state index is 6.23. The van der Waals surface area contributed by atoms with Gasteiger partial charge in [0.25, 0.3) is 0 Å². The largest absolute Gasteiger partial charge is 0.493 e. The molecular formula is C21H21NO2. The molecule has 0 bridgehead atoms. The van der Waals surface area contributed by atoms with Crippen molar-refractivity contribution in [3.63, 3.8) is 0 Å². The number of fused-ring (bicyclic) bond motifs is 1. The normalized spacial score (nSPS) is 14.9. The number of ether oxygens (including phenoxy) is 2. The molecule has 0 aliphatic heterocycles. The number of nitrogens with zero attached hydrogens (tertiary/aromatic N) is 1. The van der Waals surface area contributed by atoms with Crippen LogP contribution >= 0.6 is 0 Å². The summed E-state index contributed by atoms with van der Waals surface area (Å²) in [5.74, 6) is 1.63. The predicted octanol–water partition coefficient (Wildman–Crippen LogP) is 5.23. The summed E-state index contributed by atoms with van der Waals surface area (Å²) in [4.78, 5) is 4.45. The zero-order valence-electron chi connectivity index (χ0n) is 13.9. The Morgan fingerprint density at radius 1 is 0.958 bits per heavy atom. The van der Waals surface area contributed by atoms with Crippen LogP contribution in [-0.4, -0.2) is 18.2 Å². The molecule has 3 heteroatoms. The predicted molar refractivity (Wildman–Crippen MR) is 96.6 cm³/mol. The second-order valence-corrected chi connectivity index (χ2v) is 6.27. The fourth-order valence-electron chi connectivity index (χ4n) is 3.48. The molecular weight excluding hydrogens is 298 g/mol. The van der Waals surface area contributed by atoms with Crippen LogP contribution in [0.1, 0.15) is 25.7 Å². The van der Waals surface area contributed by atoms with Gasteiger partial charge in [-0.2, -0.15) is 0 Å². The van der Waals surface area contributed by atoms with Crippen molar-refractivity contribution in [2.24, 2.45) is 0 Å². The third-order valence-electron chi connectivity index (χ3n) is 4.72. The van der Waals surface area contributed by atoms with Gasteiger partial charge in [-0.1, -0.05) is 24.3 Å². The van der Waals surface area contributed by atoms with Crippen LogP contribution in [0.25, 0.3) is 22.0 Å². The molecule has 0 radical (unpaired) electrons. The number of pyridine rings is 1. The highest BCUT2D eigenvalue weighted by Gasteiger charge is 2.19. The van der Waals surface area contributed by atoms with E-state index in [-0.39, 0.29) is 0 Å². The van der Waals surface area contributed by atoms with E-state index in [1.54, 1.807) is 7.11 Å². The Balaban J connectivity index is 1.77. The first-order valence-corrected chi connectivity index (χ1v) is 8.54. The number of methoxy groups -OCH3 is 1. The van der Waals surface area contributed by atoms with Crippen molar-refractivity contribution in [3.8, 4) is 22.6 Å². The van der Waals surface area contributed by atoms with Crippen LogP contribution in [0.4, 0.5) is 0 Å². The SMILES string of the molecule is COc1ccc(-c2cccc3ncccc23)cc1OC1CCCC1. The first-order valence-electron chi connectivity index (χ1n) is 8.54. The maximum Gasteiger partial charge on any atom is 0.162 e. The van der Waals surface area contributed by atoms with E-state index < -0.39 is 0 Å². The summed E-state index contributed by atoms with van der Waals surface area (Å²) in [6.07, 6.45) is 6.90. The summed E-state index contributed by atoms with van der Waals surface area (Å²) in [6.45, 7) is 0. The van der Waals surface area contributed by atoms with E-state index in [4.69, 9.17) is 9.47 Å². The number of benzene rings is 2. The Morgan fingerprint density at radius 2 is 1.83 bits per heavy atom. The summed E-state index contributed by atoms with van der Waals surface area (Å²) >= 11 is 0. The minimum Gasteiger partial charge on any atom is -0.493 e.